The van der Waals surface area contributed by atoms with Gasteiger partial charge in [0.05, 0.1) is 22.1 Å². The average Bonchev–Trinajstić information content (AvgIpc) is 2.83. The number of rotatable bonds is 4. The topological polar surface area (TPSA) is 46.1 Å². The van der Waals surface area contributed by atoms with Gasteiger partial charge in [-0.3, -0.25) is 4.79 Å². The number of amides is 1. The highest BCUT2D eigenvalue weighted by atomic mass is 35.5. The monoisotopic (exact) mass is 343 g/mol. The van der Waals surface area contributed by atoms with Crippen molar-refractivity contribution < 1.29 is 4.79 Å². The number of carbonyl (C=O) groups excluding carboxylic acids is 1. The van der Waals surface area contributed by atoms with E-state index in [1.165, 1.54) is 17.5 Å². The van der Waals surface area contributed by atoms with Crippen LogP contribution in [0.15, 0.2) is 18.3 Å². The molecule has 0 aliphatic heterocycles. The van der Waals surface area contributed by atoms with Gasteiger partial charge in [0.2, 0.25) is 0 Å². The summed E-state index contributed by atoms with van der Waals surface area (Å²) in [5.74, 6) is 0.513. The van der Waals surface area contributed by atoms with E-state index in [0.717, 1.165) is 4.88 Å². The summed E-state index contributed by atoms with van der Waals surface area (Å²) in [7, 11) is 1.71. The first kappa shape index (κ1) is 16.2. The minimum atomic E-state index is -0.228. The number of thiophene rings is 1. The van der Waals surface area contributed by atoms with E-state index < -0.39 is 0 Å². The molecular formula is C14H15Cl2N3OS. The predicted octanol–water partition coefficient (Wildman–Crippen LogP) is 4.24. The molecule has 0 N–H and O–H groups in total. The molecule has 0 unspecified atom stereocenters. The minimum absolute atomic E-state index is 0.134. The molecule has 0 saturated heterocycles. The first-order valence-corrected chi connectivity index (χ1v) is 7.98. The van der Waals surface area contributed by atoms with Gasteiger partial charge >= 0.3 is 0 Å². The zero-order chi connectivity index (χ0) is 15.6. The Hall–Kier alpha value is -1.17. The van der Waals surface area contributed by atoms with Crippen molar-refractivity contribution in [2.45, 2.75) is 26.3 Å². The molecular weight excluding hydrogens is 329 g/mol. The maximum Gasteiger partial charge on any atom is 0.274 e. The zero-order valence-corrected chi connectivity index (χ0v) is 14.3. The van der Waals surface area contributed by atoms with Gasteiger partial charge in [0.25, 0.3) is 5.91 Å². The van der Waals surface area contributed by atoms with Crippen molar-refractivity contribution in [1.82, 2.24) is 14.9 Å². The summed E-state index contributed by atoms with van der Waals surface area (Å²) in [5.41, 5.74) is 0.237. The van der Waals surface area contributed by atoms with E-state index >= 15 is 0 Å². The van der Waals surface area contributed by atoms with Crippen molar-refractivity contribution in [3.8, 4) is 0 Å². The molecule has 0 saturated carbocycles. The van der Waals surface area contributed by atoms with Gasteiger partial charge in [-0.15, -0.1) is 11.3 Å². The van der Waals surface area contributed by atoms with E-state index in [2.05, 4.69) is 9.97 Å². The highest BCUT2D eigenvalue weighted by Gasteiger charge is 2.19. The van der Waals surface area contributed by atoms with Crippen LogP contribution in [0.4, 0.5) is 0 Å². The molecule has 0 fully saturated rings. The van der Waals surface area contributed by atoms with Crippen LogP contribution in [0.5, 0.6) is 0 Å². The van der Waals surface area contributed by atoms with Crippen LogP contribution in [-0.4, -0.2) is 27.8 Å². The SMILES string of the molecule is CC(C)c1ncc(Cl)c(C(=O)N(C)Cc2ccc(Cl)s2)n1. The molecule has 2 heterocycles. The minimum Gasteiger partial charge on any atom is -0.335 e. The van der Waals surface area contributed by atoms with Crippen molar-refractivity contribution in [1.29, 1.82) is 0 Å². The molecule has 0 radical (unpaired) electrons. The largest absolute Gasteiger partial charge is 0.335 e. The van der Waals surface area contributed by atoms with Gasteiger partial charge < -0.3 is 4.90 Å². The van der Waals surface area contributed by atoms with Gasteiger partial charge in [0, 0.05) is 17.8 Å². The Morgan fingerprint density at radius 1 is 1.38 bits per heavy atom. The quantitative estimate of drug-likeness (QED) is 0.833. The summed E-state index contributed by atoms with van der Waals surface area (Å²) < 4.78 is 0.702. The Bertz CT molecular complexity index is 657. The summed E-state index contributed by atoms with van der Waals surface area (Å²) in [6, 6.07) is 3.71. The fourth-order valence-electron chi connectivity index (χ4n) is 1.73. The number of carbonyl (C=O) groups is 1. The number of halogens is 2. The van der Waals surface area contributed by atoms with E-state index in [0.29, 0.717) is 16.7 Å². The fourth-order valence-corrected chi connectivity index (χ4v) is 3.04. The second kappa shape index (κ2) is 6.73. The number of hydrogen-bond donors (Lipinski definition) is 0. The Kier molecular flexibility index (Phi) is 5.19. The lowest BCUT2D eigenvalue weighted by Gasteiger charge is -2.17. The lowest BCUT2D eigenvalue weighted by molar-refractivity contribution is 0.0780. The molecule has 0 atom stereocenters. The first-order chi connectivity index (χ1) is 9.88. The number of aromatic nitrogens is 2. The Morgan fingerprint density at radius 3 is 2.67 bits per heavy atom. The summed E-state index contributed by atoms with van der Waals surface area (Å²) in [4.78, 5) is 23.5. The molecule has 21 heavy (non-hydrogen) atoms. The molecule has 0 aliphatic carbocycles. The highest BCUT2D eigenvalue weighted by Crippen LogP contribution is 2.23. The van der Waals surface area contributed by atoms with Gasteiger partial charge in [-0.2, -0.15) is 0 Å². The third-order valence-corrected chi connectivity index (χ3v) is 4.34. The second-order valence-electron chi connectivity index (χ2n) is 4.95. The average molecular weight is 344 g/mol. The zero-order valence-electron chi connectivity index (χ0n) is 11.9. The molecule has 1 amide bonds. The second-order valence-corrected chi connectivity index (χ2v) is 7.15. The molecule has 4 nitrogen and oxygen atoms in total. The van der Waals surface area contributed by atoms with Crippen LogP contribution in [0.1, 0.15) is 41.0 Å². The lowest BCUT2D eigenvalue weighted by Crippen LogP contribution is -2.27. The van der Waals surface area contributed by atoms with Crippen LogP contribution in [0.25, 0.3) is 0 Å². The first-order valence-electron chi connectivity index (χ1n) is 6.40. The van der Waals surface area contributed by atoms with Gasteiger partial charge in [0.1, 0.15) is 5.82 Å². The van der Waals surface area contributed by atoms with E-state index in [1.54, 1.807) is 11.9 Å². The van der Waals surface area contributed by atoms with Crippen molar-refractivity contribution in [2.75, 3.05) is 7.05 Å². The van der Waals surface area contributed by atoms with Crippen LogP contribution in [0.3, 0.4) is 0 Å². The number of hydrogen-bond acceptors (Lipinski definition) is 4. The van der Waals surface area contributed by atoms with Crippen molar-refractivity contribution in [2.24, 2.45) is 0 Å². The van der Waals surface area contributed by atoms with E-state index in [-0.39, 0.29) is 22.5 Å². The smallest absolute Gasteiger partial charge is 0.274 e. The molecule has 2 aromatic rings. The van der Waals surface area contributed by atoms with Crippen LogP contribution in [-0.2, 0) is 6.54 Å². The normalized spacial score (nSPS) is 11.0. The van der Waals surface area contributed by atoms with Crippen molar-refractivity contribution in [3.05, 3.63) is 44.1 Å². The maximum absolute atomic E-state index is 12.5. The molecule has 0 aliphatic rings. The van der Waals surface area contributed by atoms with Gasteiger partial charge in [-0.05, 0) is 12.1 Å². The lowest BCUT2D eigenvalue weighted by atomic mass is 10.2. The van der Waals surface area contributed by atoms with Gasteiger partial charge in [-0.1, -0.05) is 37.0 Å². The van der Waals surface area contributed by atoms with Crippen LogP contribution in [0.2, 0.25) is 9.36 Å². The number of nitrogens with zero attached hydrogens (tertiary/aromatic N) is 3. The Morgan fingerprint density at radius 2 is 2.10 bits per heavy atom. The predicted molar refractivity (Wildman–Crippen MR) is 86.3 cm³/mol. The Balaban J connectivity index is 2.20. The summed E-state index contributed by atoms with van der Waals surface area (Å²) in [5, 5.41) is 0.264. The van der Waals surface area contributed by atoms with E-state index in [1.807, 2.05) is 26.0 Å². The van der Waals surface area contributed by atoms with Crippen LogP contribution < -0.4 is 0 Å². The summed E-state index contributed by atoms with van der Waals surface area (Å²) in [6.07, 6.45) is 1.48. The van der Waals surface area contributed by atoms with E-state index in [4.69, 9.17) is 23.2 Å². The van der Waals surface area contributed by atoms with Crippen LogP contribution in [0, 0.1) is 0 Å². The molecule has 2 rings (SSSR count). The van der Waals surface area contributed by atoms with E-state index in [9.17, 15) is 4.79 Å². The maximum atomic E-state index is 12.5. The summed E-state index contributed by atoms with van der Waals surface area (Å²) in [6.45, 7) is 4.40. The third-order valence-electron chi connectivity index (χ3n) is 2.85. The van der Waals surface area contributed by atoms with Gasteiger partial charge in [0.15, 0.2) is 5.69 Å². The third kappa shape index (κ3) is 3.93. The Labute approximate surface area is 137 Å². The van der Waals surface area contributed by atoms with Crippen LogP contribution >= 0.6 is 34.5 Å². The van der Waals surface area contributed by atoms with Gasteiger partial charge in [-0.25, -0.2) is 9.97 Å². The molecule has 2 aromatic heterocycles. The molecule has 0 aromatic carbocycles. The summed E-state index contributed by atoms with van der Waals surface area (Å²) >= 11 is 13.4. The van der Waals surface area contributed by atoms with Crippen molar-refractivity contribution in [3.63, 3.8) is 0 Å². The molecule has 112 valence electrons. The standard InChI is InChI=1S/C14H15Cl2N3OS/c1-8(2)13-17-6-10(15)12(18-13)14(20)19(3)7-9-4-5-11(16)21-9/h4-6,8H,7H2,1-3H3. The fraction of sp³-hybridized carbons (Fsp3) is 0.357. The molecule has 0 spiro atoms. The van der Waals surface area contributed by atoms with Crippen molar-refractivity contribution >= 4 is 40.4 Å². The molecule has 0 bridgehead atoms. The highest BCUT2D eigenvalue weighted by molar-refractivity contribution is 7.16. The molecule has 7 heteroatoms.